The molecule has 16 heavy (non-hydrogen) atoms. The molecule has 4 nitrogen and oxygen atoms in total. The number of aliphatic hydroxyl groups excluding tert-OH is 1. The quantitative estimate of drug-likeness (QED) is 0.646. The van der Waals surface area contributed by atoms with Crippen molar-refractivity contribution < 1.29 is 15.0 Å². The number of carbonyl (C=O) groups is 1. The lowest BCUT2D eigenvalue weighted by Crippen LogP contribution is -2.49. The van der Waals surface area contributed by atoms with E-state index in [1.807, 2.05) is 6.92 Å². The van der Waals surface area contributed by atoms with Crippen LogP contribution in [0.3, 0.4) is 0 Å². The molecule has 0 aromatic carbocycles. The third-order valence-corrected chi connectivity index (χ3v) is 3.29. The highest BCUT2D eigenvalue weighted by Gasteiger charge is 2.27. The minimum absolute atomic E-state index is 0.0355. The van der Waals surface area contributed by atoms with Gasteiger partial charge in [-0.25, -0.2) is 0 Å². The largest absolute Gasteiger partial charge is 0.480 e. The lowest BCUT2D eigenvalue weighted by molar-refractivity contribution is -0.140. The maximum absolute atomic E-state index is 11.0. The molecule has 0 bridgehead atoms. The third kappa shape index (κ3) is 4.10. The van der Waals surface area contributed by atoms with Gasteiger partial charge in [0, 0.05) is 6.04 Å². The summed E-state index contributed by atoms with van der Waals surface area (Å²) in [6.45, 7) is 2.05. The molecular formula is C12H23NO3. The van der Waals surface area contributed by atoms with Crippen molar-refractivity contribution in [1.82, 2.24) is 5.32 Å². The standard InChI is InChI=1S/C12H23NO3/c1-2-3-6-10(12(15)16)13-9-7-4-5-8-11(9)14/h9-11,13-14H,2-8H2,1H3,(H,15,16). The van der Waals surface area contributed by atoms with Gasteiger partial charge in [0.15, 0.2) is 0 Å². The first kappa shape index (κ1) is 13.5. The Morgan fingerprint density at radius 3 is 2.69 bits per heavy atom. The second kappa shape index (κ2) is 6.86. The summed E-state index contributed by atoms with van der Waals surface area (Å²) in [5.74, 6) is -0.800. The fourth-order valence-corrected chi connectivity index (χ4v) is 2.25. The Hall–Kier alpha value is -0.610. The maximum Gasteiger partial charge on any atom is 0.320 e. The topological polar surface area (TPSA) is 69.6 Å². The van der Waals surface area contributed by atoms with Crippen molar-refractivity contribution in [3.8, 4) is 0 Å². The van der Waals surface area contributed by atoms with Crippen LogP contribution in [0.15, 0.2) is 0 Å². The highest BCUT2D eigenvalue weighted by molar-refractivity contribution is 5.73. The van der Waals surface area contributed by atoms with E-state index in [9.17, 15) is 9.90 Å². The normalized spacial score (nSPS) is 27.6. The Kier molecular flexibility index (Phi) is 5.77. The zero-order valence-electron chi connectivity index (χ0n) is 9.98. The van der Waals surface area contributed by atoms with Gasteiger partial charge >= 0.3 is 5.97 Å². The summed E-state index contributed by atoms with van der Waals surface area (Å²) in [4.78, 5) is 11.0. The van der Waals surface area contributed by atoms with Gasteiger partial charge < -0.3 is 10.2 Å². The summed E-state index contributed by atoms with van der Waals surface area (Å²) < 4.78 is 0. The van der Waals surface area contributed by atoms with Crippen LogP contribution in [-0.4, -0.2) is 34.4 Å². The number of carboxylic acids is 1. The number of aliphatic carboxylic acids is 1. The van der Waals surface area contributed by atoms with Crippen molar-refractivity contribution in [2.75, 3.05) is 0 Å². The first-order valence-electron chi connectivity index (χ1n) is 6.32. The molecule has 0 spiro atoms. The summed E-state index contributed by atoms with van der Waals surface area (Å²) in [7, 11) is 0. The predicted octanol–water partition coefficient (Wildman–Crippen LogP) is 1.52. The number of hydrogen-bond acceptors (Lipinski definition) is 3. The molecule has 0 saturated heterocycles. The number of aliphatic hydroxyl groups is 1. The molecule has 1 aliphatic carbocycles. The van der Waals surface area contributed by atoms with Crippen LogP contribution in [0.2, 0.25) is 0 Å². The monoisotopic (exact) mass is 229 g/mol. The SMILES string of the molecule is CCCCC(NC1CCCCC1O)C(=O)O. The minimum Gasteiger partial charge on any atom is -0.480 e. The Morgan fingerprint density at radius 2 is 2.12 bits per heavy atom. The van der Waals surface area contributed by atoms with E-state index >= 15 is 0 Å². The fraction of sp³-hybridized carbons (Fsp3) is 0.917. The maximum atomic E-state index is 11.0. The van der Waals surface area contributed by atoms with Crippen LogP contribution in [0.5, 0.6) is 0 Å². The van der Waals surface area contributed by atoms with Crippen LogP contribution in [0.25, 0.3) is 0 Å². The van der Waals surface area contributed by atoms with Crippen LogP contribution in [0.4, 0.5) is 0 Å². The van der Waals surface area contributed by atoms with Crippen LogP contribution in [0, 0.1) is 0 Å². The van der Waals surface area contributed by atoms with E-state index in [2.05, 4.69) is 5.32 Å². The van der Waals surface area contributed by atoms with Crippen LogP contribution >= 0.6 is 0 Å². The van der Waals surface area contributed by atoms with E-state index in [1.165, 1.54) is 0 Å². The molecule has 1 rings (SSSR count). The van der Waals surface area contributed by atoms with Gasteiger partial charge in [-0.15, -0.1) is 0 Å². The van der Waals surface area contributed by atoms with Crippen molar-refractivity contribution in [3.63, 3.8) is 0 Å². The first-order valence-corrected chi connectivity index (χ1v) is 6.32. The number of nitrogens with one attached hydrogen (secondary N) is 1. The number of unbranched alkanes of at least 4 members (excludes halogenated alkanes) is 1. The van der Waals surface area contributed by atoms with Gasteiger partial charge in [0.05, 0.1) is 6.10 Å². The van der Waals surface area contributed by atoms with E-state index in [-0.39, 0.29) is 12.1 Å². The van der Waals surface area contributed by atoms with Crippen molar-refractivity contribution in [2.45, 2.75) is 70.1 Å². The van der Waals surface area contributed by atoms with E-state index in [0.717, 1.165) is 38.5 Å². The zero-order valence-corrected chi connectivity index (χ0v) is 9.98. The van der Waals surface area contributed by atoms with Gasteiger partial charge in [-0.1, -0.05) is 32.6 Å². The smallest absolute Gasteiger partial charge is 0.320 e. The number of rotatable bonds is 6. The first-order chi connectivity index (χ1) is 7.65. The Morgan fingerprint density at radius 1 is 1.44 bits per heavy atom. The molecule has 4 heteroatoms. The summed E-state index contributed by atoms with van der Waals surface area (Å²) in [5, 5.41) is 21.9. The molecule has 0 amide bonds. The third-order valence-electron chi connectivity index (χ3n) is 3.29. The molecule has 1 aliphatic rings. The van der Waals surface area contributed by atoms with Crippen LogP contribution in [-0.2, 0) is 4.79 Å². The van der Waals surface area contributed by atoms with E-state index in [4.69, 9.17) is 5.11 Å². The predicted molar refractivity (Wildman–Crippen MR) is 62.3 cm³/mol. The van der Waals surface area contributed by atoms with Gasteiger partial charge in [0.1, 0.15) is 6.04 Å². The molecule has 0 aliphatic heterocycles. The van der Waals surface area contributed by atoms with E-state index in [1.54, 1.807) is 0 Å². The summed E-state index contributed by atoms with van der Waals surface area (Å²) in [6, 6.07) is -0.538. The van der Waals surface area contributed by atoms with Crippen molar-refractivity contribution in [3.05, 3.63) is 0 Å². The molecule has 3 atom stereocenters. The molecule has 1 fully saturated rings. The molecule has 94 valence electrons. The van der Waals surface area contributed by atoms with E-state index in [0.29, 0.717) is 6.42 Å². The molecule has 0 radical (unpaired) electrons. The minimum atomic E-state index is -0.800. The lowest BCUT2D eigenvalue weighted by atomic mass is 9.91. The average Bonchev–Trinajstić information content (AvgIpc) is 2.26. The highest BCUT2D eigenvalue weighted by atomic mass is 16.4. The second-order valence-corrected chi connectivity index (χ2v) is 4.66. The Bertz CT molecular complexity index is 220. The van der Waals surface area contributed by atoms with Crippen molar-refractivity contribution >= 4 is 5.97 Å². The number of carboxylic acid groups (broad SMARTS) is 1. The molecule has 0 aromatic rings. The molecular weight excluding hydrogens is 206 g/mol. The molecule has 0 aromatic heterocycles. The van der Waals surface area contributed by atoms with Crippen LogP contribution in [0.1, 0.15) is 51.9 Å². The van der Waals surface area contributed by atoms with Gasteiger partial charge in [0.2, 0.25) is 0 Å². The Balaban J connectivity index is 2.42. The van der Waals surface area contributed by atoms with Gasteiger partial charge in [-0.3, -0.25) is 10.1 Å². The fourth-order valence-electron chi connectivity index (χ4n) is 2.25. The van der Waals surface area contributed by atoms with E-state index < -0.39 is 12.0 Å². The second-order valence-electron chi connectivity index (χ2n) is 4.66. The van der Waals surface area contributed by atoms with Gasteiger partial charge in [-0.05, 0) is 19.3 Å². The lowest BCUT2D eigenvalue weighted by Gasteiger charge is -2.31. The summed E-state index contributed by atoms with van der Waals surface area (Å²) >= 11 is 0. The summed E-state index contributed by atoms with van der Waals surface area (Å²) in [5.41, 5.74) is 0. The Labute approximate surface area is 97.0 Å². The van der Waals surface area contributed by atoms with Crippen molar-refractivity contribution in [2.24, 2.45) is 0 Å². The molecule has 0 heterocycles. The summed E-state index contributed by atoms with van der Waals surface area (Å²) in [6.07, 6.45) is 5.98. The van der Waals surface area contributed by atoms with Gasteiger partial charge in [0.25, 0.3) is 0 Å². The molecule has 3 unspecified atom stereocenters. The van der Waals surface area contributed by atoms with Gasteiger partial charge in [-0.2, -0.15) is 0 Å². The zero-order chi connectivity index (χ0) is 12.0. The van der Waals surface area contributed by atoms with Crippen LogP contribution < -0.4 is 5.32 Å². The highest BCUT2D eigenvalue weighted by Crippen LogP contribution is 2.19. The average molecular weight is 229 g/mol. The molecule has 3 N–H and O–H groups in total. The van der Waals surface area contributed by atoms with Crippen molar-refractivity contribution in [1.29, 1.82) is 0 Å². The number of hydrogen-bond donors (Lipinski definition) is 3. The molecule has 1 saturated carbocycles.